The van der Waals surface area contributed by atoms with Crippen molar-refractivity contribution in [3.05, 3.63) is 125 Å². The summed E-state index contributed by atoms with van der Waals surface area (Å²) in [6, 6.07) is 31.9. The van der Waals surface area contributed by atoms with Gasteiger partial charge in [0.25, 0.3) is 5.91 Å². The lowest BCUT2D eigenvalue weighted by Crippen LogP contribution is -2.45. The van der Waals surface area contributed by atoms with Crippen LogP contribution in [0.25, 0.3) is 0 Å². The molecule has 0 N–H and O–H groups in total. The number of carbonyl (C=O) groups is 1. The van der Waals surface area contributed by atoms with Crippen molar-refractivity contribution in [1.29, 1.82) is 0 Å². The van der Waals surface area contributed by atoms with Crippen molar-refractivity contribution in [1.82, 2.24) is 0 Å². The van der Waals surface area contributed by atoms with Gasteiger partial charge in [-0.1, -0.05) is 78.9 Å². The lowest BCUT2D eigenvalue weighted by Gasteiger charge is -2.46. The molecule has 4 aromatic rings. The third-order valence-corrected chi connectivity index (χ3v) is 6.70. The van der Waals surface area contributed by atoms with Crippen molar-refractivity contribution in [2.24, 2.45) is 0 Å². The summed E-state index contributed by atoms with van der Waals surface area (Å²) in [5.41, 5.74) is 4.14. The first-order valence-electron chi connectivity index (χ1n) is 11.2. The lowest BCUT2D eigenvalue weighted by molar-refractivity contribution is -0.0540. The number of carbonyl (C=O) groups excluding carboxylic acids is 1. The fourth-order valence-electron chi connectivity index (χ4n) is 5.18. The Morgan fingerprint density at radius 1 is 0.765 bits per heavy atom. The highest BCUT2D eigenvalue weighted by molar-refractivity contribution is 6.12. The van der Waals surface area contributed by atoms with E-state index in [4.69, 9.17) is 14.2 Å². The van der Waals surface area contributed by atoms with Gasteiger partial charge >= 0.3 is 0 Å². The molecule has 0 aromatic heterocycles. The van der Waals surface area contributed by atoms with Crippen LogP contribution in [-0.4, -0.2) is 20.1 Å². The van der Waals surface area contributed by atoms with Crippen LogP contribution in [0.15, 0.2) is 97.1 Å². The molecule has 0 bridgehead atoms. The van der Waals surface area contributed by atoms with Crippen molar-refractivity contribution in [3.8, 4) is 11.5 Å². The van der Waals surface area contributed by atoms with Crippen LogP contribution in [0.2, 0.25) is 0 Å². The molecule has 0 fully saturated rings. The normalized spacial score (nSPS) is 17.5. The van der Waals surface area contributed by atoms with E-state index in [1.165, 1.54) is 0 Å². The van der Waals surface area contributed by atoms with E-state index < -0.39 is 11.8 Å². The molecule has 1 amide bonds. The van der Waals surface area contributed by atoms with E-state index in [9.17, 15) is 4.79 Å². The number of benzene rings is 4. The minimum Gasteiger partial charge on any atom is -0.493 e. The Morgan fingerprint density at radius 3 is 1.94 bits per heavy atom. The van der Waals surface area contributed by atoms with E-state index in [-0.39, 0.29) is 5.91 Å². The Balaban J connectivity index is 1.66. The second kappa shape index (κ2) is 7.75. The summed E-state index contributed by atoms with van der Waals surface area (Å²) in [6.45, 7) is 0. The maximum Gasteiger partial charge on any atom is 0.261 e. The predicted molar refractivity (Wildman–Crippen MR) is 129 cm³/mol. The van der Waals surface area contributed by atoms with Crippen LogP contribution in [0.5, 0.6) is 11.5 Å². The largest absolute Gasteiger partial charge is 0.493 e. The quantitative estimate of drug-likeness (QED) is 0.402. The number of fused-ring (bicyclic) bond motifs is 5. The van der Waals surface area contributed by atoms with Crippen LogP contribution < -0.4 is 14.4 Å². The minimum atomic E-state index is -0.907. The zero-order valence-corrected chi connectivity index (χ0v) is 18.9. The van der Waals surface area contributed by atoms with Crippen molar-refractivity contribution in [2.75, 3.05) is 19.1 Å². The average Bonchev–Trinajstić information content (AvgIpc) is 3.18. The number of amides is 1. The van der Waals surface area contributed by atoms with Gasteiger partial charge in [-0.15, -0.1) is 0 Å². The number of hydrogen-bond acceptors (Lipinski definition) is 4. The van der Waals surface area contributed by atoms with Gasteiger partial charge in [-0.25, -0.2) is 0 Å². The van der Waals surface area contributed by atoms with Crippen LogP contribution in [0.3, 0.4) is 0 Å². The zero-order chi connectivity index (χ0) is 23.3. The molecule has 1 atom stereocenters. The molecule has 0 saturated carbocycles. The molecule has 0 spiro atoms. The smallest absolute Gasteiger partial charge is 0.261 e. The Labute approximate surface area is 198 Å². The zero-order valence-electron chi connectivity index (χ0n) is 18.9. The topological polar surface area (TPSA) is 48.0 Å². The molecule has 0 radical (unpaired) electrons. The van der Waals surface area contributed by atoms with Gasteiger partial charge in [0.1, 0.15) is 5.60 Å². The van der Waals surface area contributed by atoms with Gasteiger partial charge in [0.15, 0.2) is 17.7 Å². The number of nitrogens with zero attached hydrogens (tertiary/aromatic N) is 1. The highest BCUT2D eigenvalue weighted by atomic mass is 16.5. The molecular weight excluding hydrogens is 426 g/mol. The fraction of sp³-hybridized carbons (Fsp3) is 0.138. The molecule has 168 valence electrons. The van der Waals surface area contributed by atoms with E-state index >= 15 is 0 Å². The second-order valence-corrected chi connectivity index (χ2v) is 8.37. The Morgan fingerprint density at radius 2 is 1.32 bits per heavy atom. The molecule has 2 aliphatic heterocycles. The van der Waals surface area contributed by atoms with Crippen LogP contribution in [-0.2, 0) is 10.3 Å². The van der Waals surface area contributed by atoms with Crippen LogP contribution >= 0.6 is 0 Å². The summed E-state index contributed by atoms with van der Waals surface area (Å²) in [5, 5.41) is 0. The second-order valence-electron chi connectivity index (χ2n) is 8.37. The first kappa shape index (κ1) is 20.5. The molecule has 5 nitrogen and oxygen atoms in total. The molecule has 0 saturated heterocycles. The Bertz CT molecular complexity index is 1340. The minimum absolute atomic E-state index is 0.122. The number of rotatable bonds is 4. The average molecular weight is 450 g/mol. The van der Waals surface area contributed by atoms with Crippen LogP contribution in [0.1, 0.15) is 38.8 Å². The molecule has 2 heterocycles. The molecule has 0 aliphatic carbocycles. The van der Waals surface area contributed by atoms with Crippen molar-refractivity contribution >= 4 is 11.6 Å². The van der Waals surface area contributed by atoms with Crippen molar-refractivity contribution in [3.63, 3.8) is 0 Å². The van der Waals surface area contributed by atoms with Crippen LogP contribution in [0.4, 0.5) is 5.69 Å². The maximum absolute atomic E-state index is 13.7. The molecule has 6 rings (SSSR count). The van der Waals surface area contributed by atoms with E-state index in [1.54, 1.807) is 25.2 Å². The summed E-state index contributed by atoms with van der Waals surface area (Å²) < 4.78 is 18.1. The molecule has 2 aliphatic rings. The third-order valence-electron chi connectivity index (χ3n) is 6.70. The van der Waals surface area contributed by atoms with Gasteiger partial charge in [0, 0.05) is 11.1 Å². The molecule has 34 heavy (non-hydrogen) atoms. The Kier molecular flexibility index (Phi) is 4.67. The summed E-state index contributed by atoms with van der Waals surface area (Å²) in [7, 11) is 3.16. The maximum atomic E-state index is 13.7. The monoisotopic (exact) mass is 449 g/mol. The van der Waals surface area contributed by atoms with Gasteiger partial charge in [-0.3, -0.25) is 9.69 Å². The number of hydrogen-bond donors (Lipinski definition) is 0. The van der Waals surface area contributed by atoms with Gasteiger partial charge < -0.3 is 14.2 Å². The molecule has 4 aromatic carbocycles. The van der Waals surface area contributed by atoms with Gasteiger partial charge in [0.2, 0.25) is 0 Å². The first-order chi connectivity index (χ1) is 16.7. The van der Waals surface area contributed by atoms with E-state index in [0.717, 1.165) is 27.9 Å². The van der Waals surface area contributed by atoms with E-state index in [0.29, 0.717) is 17.1 Å². The number of anilines is 1. The first-order valence-corrected chi connectivity index (χ1v) is 11.2. The summed E-state index contributed by atoms with van der Waals surface area (Å²) in [4.78, 5) is 15.4. The van der Waals surface area contributed by atoms with E-state index in [1.807, 2.05) is 66.7 Å². The summed E-state index contributed by atoms with van der Waals surface area (Å²) in [6.07, 6.45) is -0.627. The van der Waals surface area contributed by atoms with Gasteiger partial charge in [0.05, 0.1) is 25.5 Å². The molecular formula is C29H23NO4. The van der Waals surface area contributed by atoms with Crippen molar-refractivity contribution < 1.29 is 19.0 Å². The SMILES string of the molecule is COc1cc2c(cc1OC)[C@H]1OC(c3ccccc3)(c3ccccc3)c3ccccc3N1C2=O. The highest BCUT2D eigenvalue weighted by Crippen LogP contribution is 2.56. The number of ether oxygens (including phenoxy) is 3. The number of methoxy groups -OCH3 is 2. The summed E-state index contributed by atoms with van der Waals surface area (Å²) in [5.74, 6) is 0.951. The van der Waals surface area contributed by atoms with Crippen molar-refractivity contribution in [2.45, 2.75) is 11.8 Å². The van der Waals surface area contributed by atoms with Crippen LogP contribution in [0, 0.1) is 0 Å². The van der Waals surface area contributed by atoms with Gasteiger partial charge in [-0.2, -0.15) is 0 Å². The fourth-order valence-corrected chi connectivity index (χ4v) is 5.18. The summed E-state index contributed by atoms with van der Waals surface area (Å²) >= 11 is 0. The van der Waals surface area contributed by atoms with Gasteiger partial charge in [-0.05, 0) is 29.3 Å². The Hall–Kier alpha value is -4.09. The lowest BCUT2D eigenvalue weighted by atomic mass is 9.78. The molecule has 0 unspecified atom stereocenters. The standard InChI is InChI=1S/C29H23NO4/c1-32-25-17-21-22(18-26(25)33-2)28-30(27(21)31)24-16-10-9-15-23(24)29(34-28,19-11-5-3-6-12-19)20-13-7-4-8-14-20/h3-18,28H,1-2H3/t28-/m1/s1. The highest BCUT2D eigenvalue weighted by Gasteiger charge is 2.53. The number of para-hydroxylation sites is 1. The third kappa shape index (κ3) is 2.74. The van der Waals surface area contributed by atoms with E-state index in [2.05, 4.69) is 24.3 Å². The predicted octanol–water partition coefficient (Wildman–Crippen LogP) is 5.68. The molecule has 5 heteroatoms.